The van der Waals surface area contributed by atoms with Crippen molar-refractivity contribution in [3.8, 4) is 5.75 Å². The van der Waals surface area contributed by atoms with Crippen molar-refractivity contribution < 1.29 is 19.1 Å². The van der Waals surface area contributed by atoms with Gasteiger partial charge in [-0.1, -0.05) is 41.4 Å². The van der Waals surface area contributed by atoms with Gasteiger partial charge in [0.2, 0.25) is 11.8 Å². The zero-order chi connectivity index (χ0) is 21.8. The third kappa shape index (κ3) is 4.68. The number of hydrogen-bond acceptors (Lipinski definition) is 4. The molecule has 1 atom stereocenters. The van der Waals surface area contributed by atoms with Gasteiger partial charge in [-0.25, -0.2) is 0 Å². The highest BCUT2D eigenvalue weighted by atomic mass is 35.5. The van der Waals surface area contributed by atoms with Crippen molar-refractivity contribution in [2.24, 2.45) is 0 Å². The van der Waals surface area contributed by atoms with Crippen molar-refractivity contribution in [3.63, 3.8) is 0 Å². The molecule has 3 rings (SSSR count). The van der Waals surface area contributed by atoms with Gasteiger partial charge in [0.15, 0.2) is 6.10 Å². The molecule has 0 bridgehead atoms. The van der Waals surface area contributed by atoms with Crippen LogP contribution in [-0.4, -0.2) is 48.4 Å². The average Bonchev–Trinajstić information content (AvgIpc) is 2.72. The largest absolute Gasteiger partial charge is 0.479 e. The Balaban J connectivity index is 1.71. The second-order valence-electron chi connectivity index (χ2n) is 6.70. The molecule has 2 aromatic rings. The van der Waals surface area contributed by atoms with Gasteiger partial charge < -0.3 is 15.0 Å². The number of benzene rings is 2. The molecular formula is C21H21Cl2N3O4. The van der Waals surface area contributed by atoms with Gasteiger partial charge >= 0.3 is 0 Å². The Bertz CT molecular complexity index is 962. The maximum absolute atomic E-state index is 12.9. The number of ether oxygens (including phenoxy) is 1. The number of para-hydroxylation sites is 3. The smallest absolute Gasteiger partial charge is 0.268 e. The summed E-state index contributed by atoms with van der Waals surface area (Å²) in [7, 11) is 0. The maximum Gasteiger partial charge on any atom is 0.268 e. The summed E-state index contributed by atoms with van der Waals surface area (Å²) in [6.45, 7) is 3.28. The number of carbonyl (C=O) groups is 3. The number of carbonyl (C=O) groups excluding carboxylic acids is 3. The summed E-state index contributed by atoms with van der Waals surface area (Å²) >= 11 is 12.2. The predicted octanol–water partition coefficient (Wildman–Crippen LogP) is 3.59. The summed E-state index contributed by atoms with van der Waals surface area (Å²) in [4.78, 5) is 40.7. The molecule has 7 nitrogen and oxygen atoms in total. The molecule has 1 N–H and O–H groups in total. The van der Waals surface area contributed by atoms with Gasteiger partial charge in [-0.15, -0.1) is 0 Å². The Kier molecular flexibility index (Phi) is 6.84. The highest BCUT2D eigenvalue weighted by molar-refractivity contribution is 6.39. The summed E-state index contributed by atoms with van der Waals surface area (Å²) < 4.78 is 5.59. The fraction of sp³-hybridized carbons (Fsp3) is 0.286. The first kappa shape index (κ1) is 21.9. The monoisotopic (exact) mass is 449 g/mol. The fourth-order valence-corrected chi connectivity index (χ4v) is 3.59. The van der Waals surface area contributed by atoms with Crippen LogP contribution in [0.5, 0.6) is 5.75 Å². The zero-order valence-electron chi connectivity index (χ0n) is 16.5. The molecule has 0 spiro atoms. The van der Waals surface area contributed by atoms with Gasteiger partial charge in [-0.2, -0.15) is 0 Å². The van der Waals surface area contributed by atoms with E-state index in [9.17, 15) is 14.4 Å². The van der Waals surface area contributed by atoms with Crippen molar-refractivity contribution in [2.45, 2.75) is 20.0 Å². The lowest BCUT2D eigenvalue weighted by molar-refractivity contribution is -0.135. The van der Waals surface area contributed by atoms with Gasteiger partial charge in [0.05, 0.1) is 28.0 Å². The summed E-state index contributed by atoms with van der Waals surface area (Å²) in [5.41, 5.74) is 0.817. The Morgan fingerprint density at radius 2 is 1.80 bits per heavy atom. The van der Waals surface area contributed by atoms with E-state index in [2.05, 4.69) is 5.32 Å². The molecule has 2 aromatic carbocycles. The van der Waals surface area contributed by atoms with E-state index in [4.69, 9.17) is 27.9 Å². The fourth-order valence-electron chi connectivity index (χ4n) is 3.10. The van der Waals surface area contributed by atoms with Crippen LogP contribution in [0.25, 0.3) is 0 Å². The van der Waals surface area contributed by atoms with Crippen molar-refractivity contribution in [1.29, 1.82) is 0 Å². The topological polar surface area (TPSA) is 79.0 Å². The minimum Gasteiger partial charge on any atom is -0.479 e. The molecule has 1 aliphatic rings. The summed E-state index contributed by atoms with van der Waals surface area (Å²) in [5, 5.41) is 3.24. The van der Waals surface area contributed by atoms with Crippen molar-refractivity contribution >= 4 is 52.3 Å². The van der Waals surface area contributed by atoms with Gasteiger partial charge in [0.1, 0.15) is 12.3 Å². The first-order chi connectivity index (χ1) is 14.3. The molecule has 0 saturated carbocycles. The molecule has 0 radical (unpaired) electrons. The van der Waals surface area contributed by atoms with E-state index in [1.165, 1.54) is 9.80 Å². The van der Waals surface area contributed by atoms with E-state index >= 15 is 0 Å². The molecular weight excluding hydrogens is 429 g/mol. The minimum absolute atomic E-state index is 0.197. The first-order valence-electron chi connectivity index (χ1n) is 9.40. The number of fused-ring (bicyclic) bond motifs is 1. The molecule has 9 heteroatoms. The molecule has 0 aromatic heterocycles. The number of nitrogens with one attached hydrogen (secondary N) is 1. The van der Waals surface area contributed by atoms with E-state index < -0.39 is 12.0 Å². The molecule has 0 aliphatic carbocycles. The molecule has 3 amide bonds. The standard InChI is InChI=1S/C21H21Cl2N3O4/c1-3-25(11-18(27)24-20-14(22)7-6-8-15(20)23)19(28)12-26-16-9-4-5-10-17(16)30-13(2)21(26)29/h4-10,13H,3,11-12H2,1-2H3,(H,24,27). The van der Waals surface area contributed by atoms with Crippen LogP contribution in [0.1, 0.15) is 13.8 Å². The summed E-state index contributed by atoms with van der Waals surface area (Å²) in [5.74, 6) is -0.589. The Labute approximate surface area is 184 Å². The van der Waals surface area contributed by atoms with Crippen LogP contribution >= 0.6 is 23.2 Å². The third-order valence-corrected chi connectivity index (χ3v) is 5.29. The minimum atomic E-state index is -0.701. The number of halogens is 2. The van der Waals surface area contributed by atoms with E-state index in [0.29, 0.717) is 27.2 Å². The van der Waals surface area contributed by atoms with Crippen LogP contribution in [0.2, 0.25) is 10.0 Å². The van der Waals surface area contributed by atoms with Crippen LogP contribution < -0.4 is 15.0 Å². The number of nitrogens with zero attached hydrogens (tertiary/aromatic N) is 2. The van der Waals surface area contributed by atoms with Crippen molar-refractivity contribution in [1.82, 2.24) is 4.90 Å². The maximum atomic E-state index is 12.9. The molecule has 0 saturated heterocycles. The third-order valence-electron chi connectivity index (χ3n) is 4.66. The highest BCUT2D eigenvalue weighted by Crippen LogP contribution is 2.33. The van der Waals surface area contributed by atoms with Crippen molar-refractivity contribution in [3.05, 3.63) is 52.5 Å². The predicted molar refractivity (Wildman–Crippen MR) is 116 cm³/mol. The van der Waals surface area contributed by atoms with Gasteiger partial charge in [0.25, 0.3) is 5.91 Å². The zero-order valence-corrected chi connectivity index (χ0v) is 18.0. The lowest BCUT2D eigenvalue weighted by Gasteiger charge is -2.33. The van der Waals surface area contributed by atoms with E-state index in [-0.39, 0.29) is 31.4 Å². The lowest BCUT2D eigenvalue weighted by atomic mass is 10.2. The Morgan fingerprint density at radius 3 is 2.47 bits per heavy atom. The van der Waals surface area contributed by atoms with Crippen LogP contribution in [0.3, 0.4) is 0 Å². The Hall–Kier alpha value is -2.77. The van der Waals surface area contributed by atoms with Gasteiger partial charge in [0, 0.05) is 6.54 Å². The van der Waals surface area contributed by atoms with Crippen LogP contribution in [0.4, 0.5) is 11.4 Å². The molecule has 30 heavy (non-hydrogen) atoms. The SMILES string of the molecule is CCN(CC(=O)Nc1c(Cl)cccc1Cl)C(=O)CN1C(=O)C(C)Oc2ccccc21. The quantitative estimate of drug-likeness (QED) is 0.730. The lowest BCUT2D eigenvalue weighted by Crippen LogP contribution is -2.50. The van der Waals surface area contributed by atoms with E-state index in [1.54, 1.807) is 56.3 Å². The average molecular weight is 450 g/mol. The van der Waals surface area contributed by atoms with Gasteiger partial charge in [-0.05, 0) is 38.1 Å². The first-order valence-corrected chi connectivity index (χ1v) is 10.2. The number of anilines is 2. The van der Waals surface area contributed by atoms with E-state index in [1.807, 2.05) is 0 Å². The molecule has 1 aliphatic heterocycles. The van der Waals surface area contributed by atoms with Crippen molar-refractivity contribution in [2.75, 3.05) is 29.9 Å². The van der Waals surface area contributed by atoms with Gasteiger partial charge in [-0.3, -0.25) is 19.3 Å². The van der Waals surface area contributed by atoms with E-state index in [0.717, 1.165) is 0 Å². The van der Waals surface area contributed by atoms with Crippen LogP contribution in [-0.2, 0) is 14.4 Å². The van der Waals surface area contributed by atoms with Crippen LogP contribution in [0, 0.1) is 0 Å². The summed E-state index contributed by atoms with van der Waals surface area (Å²) in [6, 6.07) is 11.9. The molecule has 158 valence electrons. The normalized spacial score (nSPS) is 15.3. The second-order valence-corrected chi connectivity index (χ2v) is 7.52. The second kappa shape index (κ2) is 9.36. The Morgan fingerprint density at radius 1 is 1.13 bits per heavy atom. The number of hydrogen-bond donors (Lipinski definition) is 1. The highest BCUT2D eigenvalue weighted by Gasteiger charge is 2.33. The summed E-state index contributed by atoms with van der Waals surface area (Å²) in [6.07, 6.45) is -0.701. The number of likely N-dealkylation sites (N-methyl/N-ethyl adjacent to an activating group) is 1. The molecule has 1 heterocycles. The number of amides is 3. The molecule has 1 unspecified atom stereocenters. The van der Waals surface area contributed by atoms with Crippen LogP contribution in [0.15, 0.2) is 42.5 Å². The molecule has 0 fully saturated rings. The number of rotatable bonds is 6.